The number of carbonyl (C=O) groups excluding carboxylic acids is 1. The largest absolute Gasteiger partial charge is 0.485 e. The van der Waals surface area contributed by atoms with E-state index in [9.17, 15) is 4.79 Å². The van der Waals surface area contributed by atoms with E-state index in [0.717, 1.165) is 22.3 Å². The number of hydrogen-bond acceptors (Lipinski definition) is 5. The maximum Gasteiger partial charge on any atom is 0.273 e. The van der Waals surface area contributed by atoms with Crippen molar-refractivity contribution in [2.45, 2.75) is 20.0 Å². The summed E-state index contributed by atoms with van der Waals surface area (Å²) in [5.41, 5.74) is 4.76. The second kappa shape index (κ2) is 12.3. The van der Waals surface area contributed by atoms with Crippen LogP contribution in [0.1, 0.15) is 33.1 Å². The topological polar surface area (TPSA) is 73.3 Å². The molecule has 1 heterocycles. The van der Waals surface area contributed by atoms with Crippen molar-refractivity contribution in [1.82, 2.24) is 15.3 Å². The van der Waals surface area contributed by atoms with Gasteiger partial charge in [-0.25, -0.2) is 9.97 Å². The molecule has 184 valence electrons. The minimum Gasteiger partial charge on any atom is -0.485 e. The minimum atomic E-state index is -0.340. The minimum absolute atomic E-state index is 0.196. The third-order valence-corrected chi connectivity index (χ3v) is 5.97. The molecular weight excluding hydrogens is 474 g/mol. The highest BCUT2D eigenvalue weighted by Crippen LogP contribution is 2.28. The SMILES string of the molecule is COCCNC(=O)c1nc(Cc2ccc(-c3ccccc3)cc2Cl)nc(C)c1OCc1ccccc1. The van der Waals surface area contributed by atoms with Crippen LogP contribution in [-0.4, -0.2) is 36.1 Å². The van der Waals surface area contributed by atoms with Crippen LogP contribution in [0.5, 0.6) is 5.75 Å². The van der Waals surface area contributed by atoms with Gasteiger partial charge in [0.05, 0.1) is 12.3 Å². The third-order valence-electron chi connectivity index (χ3n) is 5.62. The van der Waals surface area contributed by atoms with Gasteiger partial charge >= 0.3 is 0 Å². The highest BCUT2D eigenvalue weighted by atomic mass is 35.5. The average molecular weight is 502 g/mol. The lowest BCUT2D eigenvalue weighted by Gasteiger charge is -2.15. The van der Waals surface area contributed by atoms with Gasteiger partial charge in [0.1, 0.15) is 12.4 Å². The van der Waals surface area contributed by atoms with Gasteiger partial charge in [-0.15, -0.1) is 0 Å². The van der Waals surface area contributed by atoms with Crippen molar-refractivity contribution < 1.29 is 14.3 Å². The Labute approximate surface area is 216 Å². The lowest BCUT2D eigenvalue weighted by molar-refractivity contribution is 0.0926. The van der Waals surface area contributed by atoms with Gasteiger partial charge in [-0.3, -0.25) is 4.79 Å². The Morgan fingerprint density at radius 1 is 0.944 bits per heavy atom. The van der Waals surface area contributed by atoms with E-state index >= 15 is 0 Å². The first-order valence-electron chi connectivity index (χ1n) is 11.7. The number of hydrogen-bond donors (Lipinski definition) is 1. The van der Waals surface area contributed by atoms with Crippen LogP contribution in [-0.2, 0) is 17.8 Å². The zero-order chi connectivity index (χ0) is 25.3. The van der Waals surface area contributed by atoms with Gasteiger partial charge in [0.2, 0.25) is 0 Å². The first-order valence-corrected chi connectivity index (χ1v) is 12.1. The highest BCUT2D eigenvalue weighted by molar-refractivity contribution is 6.31. The molecule has 0 aliphatic carbocycles. The first-order chi connectivity index (χ1) is 17.5. The highest BCUT2D eigenvalue weighted by Gasteiger charge is 2.20. The zero-order valence-corrected chi connectivity index (χ0v) is 21.1. The van der Waals surface area contributed by atoms with E-state index in [1.807, 2.05) is 85.8 Å². The molecule has 0 spiro atoms. The molecule has 36 heavy (non-hydrogen) atoms. The summed E-state index contributed by atoms with van der Waals surface area (Å²) in [6, 6.07) is 25.7. The van der Waals surface area contributed by atoms with Crippen LogP contribution in [0.25, 0.3) is 11.1 Å². The number of aromatic nitrogens is 2. The van der Waals surface area contributed by atoms with Crippen LogP contribution in [0.3, 0.4) is 0 Å². The number of halogens is 1. The molecular formula is C29H28ClN3O3. The smallest absolute Gasteiger partial charge is 0.273 e. The molecule has 1 amide bonds. The second-order valence-corrected chi connectivity index (χ2v) is 8.68. The van der Waals surface area contributed by atoms with Crippen molar-refractivity contribution in [2.75, 3.05) is 20.3 Å². The van der Waals surface area contributed by atoms with Crippen LogP contribution in [0.2, 0.25) is 5.02 Å². The summed E-state index contributed by atoms with van der Waals surface area (Å²) in [6.45, 7) is 2.87. The number of nitrogens with zero attached hydrogens (tertiary/aromatic N) is 2. The molecule has 0 aliphatic heterocycles. The van der Waals surface area contributed by atoms with E-state index in [4.69, 9.17) is 21.1 Å². The maximum absolute atomic E-state index is 13.0. The average Bonchev–Trinajstić information content (AvgIpc) is 2.90. The molecule has 3 aromatic carbocycles. The van der Waals surface area contributed by atoms with E-state index < -0.39 is 0 Å². The van der Waals surface area contributed by atoms with Crippen molar-refractivity contribution in [3.63, 3.8) is 0 Å². The Kier molecular flexibility index (Phi) is 8.66. The van der Waals surface area contributed by atoms with Gasteiger partial charge in [0.25, 0.3) is 5.91 Å². The fourth-order valence-corrected chi connectivity index (χ4v) is 4.02. The number of aryl methyl sites for hydroxylation is 1. The van der Waals surface area contributed by atoms with E-state index in [-0.39, 0.29) is 11.6 Å². The van der Waals surface area contributed by atoms with Crippen molar-refractivity contribution in [2.24, 2.45) is 0 Å². The molecule has 1 aromatic heterocycles. The van der Waals surface area contributed by atoms with E-state index in [1.165, 1.54) is 0 Å². The summed E-state index contributed by atoms with van der Waals surface area (Å²) in [4.78, 5) is 22.3. The number of methoxy groups -OCH3 is 1. The van der Waals surface area contributed by atoms with Crippen LogP contribution < -0.4 is 10.1 Å². The van der Waals surface area contributed by atoms with E-state index in [2.05, 4.69) is 15.3 Å². The molecule has 7 heteroatoms. The number of amides is 1. The van der Waals surface area contributed by atoms with Crippen molar-refractivity contribution in [3.05, 3.63) is 112 Å². The molecule has 6 nitrogen and oxygen atoms in total. The van der Waals surface area contributed by atoms with Gasteiger partial charge in [-0.05, 0) is 35.2 Å². The van der Waals surface area contributed by atoms with Crippen LogP contribution in [0.4, 0.5) is 0 Å². The Morgan fingerprint density at radius 2 is 1.67 bits per heavy atom. The second-order valence-electron chi connectivity index (χ2n) is 8.27. The van der Waals surface area contributed by atoms with Gasteiger partial charge in [-0.2, -0.15) is 0 Å². The molecule has 0 saturated heterocycles. The lowest BCUT2D eigenvalue weighted by Crippen LogP contribution is -2.29. The Morgan fingerprint density at radius 3 is 2.36 bits per heavy atom. The van der Waals surface area contributed by atoms with Gasteiger partial charge in [0, 0.05) is 25.1 Å². The molecule has 0 unspecified atom stereocenters. The Hall–Kier alpha value is -3.74. The molecule has 4 aromatic rings. The van der Waals surface area contributed by atoms with E-state index in [1.54, 1.807) is 7.11 Å². The van der Waals surface area contributed by atoms with Crippen molar-refractivity contribution in [3.8, 4) is 16.9 Å². The molecule has 0 saturated carbocycles. The predicted octanol–water partition coefficient (Wildman–Crippen LogP) is 5.65. The Bertz CT molecular complexity index is 1310. The molecule has 4 rings (SSSR count). The maximum atomic E-state index is 13.0. The van der Waals surface area contributed by atoms with Crippen LogP contribution in [0, 0.1) is 6.92 Å². The summed E-state index contributed by atoms with van der Waals surface area (Å²) in [5.74, 6) is 0.515. The van der Waals surface area contributed by atoms with Crippen molar-refractivity contribution in [1.29, 1.82) is 0 Å². The van der Waals surface area contributed by atoms with Crippen LogP contribution >= 0.6 is 11.6 Å². The summed E-state index contributed by atoms with van der Waals surface area (Å²) >= 11 is 6.63. The number of benzene rings is 3. The monoisotopic (exact) mass is 501 g/mol. The quantitative estimate of drug-likeness (QED) is 0.284. The standard InChI is InChI=1S/C29H28ClN3O3/c1-20-28(36-19-21-9-5-3-6-10-21)27(29(34)31-15-16-35-2)33-26(32-20)18-24-14-13-23(17-25(24)30)22-11-7-4-8-12-22/h3-14,17H,15-16,18-19H2,1-2H3,(H,31,34). The van der Waals surface area contributed by atoms with Crippen molar-refractivity contribution >= 4 is 17.5 Å². The summed E-state index contributed by atoms with van der Waals surface area (Å²) < 4.78 is 11.1. The number of rotatable bonds is 10. The summed E-state index contributed by atoms with van der Waals surface area (Å²) in [5, 5.41) is 3.45. The number of ether oxygens (including phenoxy) is 2. The van der Waals surface area contributed by atoms with Gasteiger partial charge in [0.15, 0.2) is 11.4 Å². The summed E-state index contributed by atoms with van der Waals surface area (Å²) in [6.07, 6.45) is 0.381. The fourth-order valence-electron chi connectivity index (χ4n) is 3.78. The van der Waals surface area contributed by atoms with Crippen LogP contribution in [0.15, 0.2) is 78.9 Å². The number of nitrogens with one attached hydrogen (secondary N) is 1. The molecule has 0 aliphatic rings. The predicted molar refractivity (Wildman–Crippen MR) is 141 cm³/mol. The summed E-state index contributed by atoms with van der Waals surface area (Å²) in [7, 11) is 1.58. The van der Waals surface area contributed by atoms with Gasteiger partial charge < -0.3 is 14.8 Å². The van der Waals surface area contributed by atoms with E-state index in [0.29, 0.717) is 48.5 Å². The molecule has 0 bridgehead atoms. The molecule has 0 radical (unpaired) electrons. The lowest BCUT2D eigenvalue weighted by atomic mass is 10.0. The fraction of sp³-hybridized carbons (Fsp3) is 0.207. The molecule has 0 atom stereocenters. The normalized spacial score (nSPS) is 10.8. The Balaban J connectivity index is 1.60. The zero-order valence-electron chi connectivity index (χ0n) is 20.3. The first kappa shape index (κ1) is 25.4. The third kappa shape index (κ3) is 6.47. The van der Waals surface area contributed by atoms with Gasteiger partial charge in [-0.1, -0.05) is 84.4 Å². The number of carbonyl (C=O) groups is 1. The molecule has 0 fully saturated rings. The molecule has 1 N–H and O–H groups in total.